The van der Waals surface area contributed by atoms with Gasteiger partial charge in [0, 0.05) is 38.1 Å². The first-order valence-corrected chi connectivity index (χ1v) is 13.8. The van der Waals surface area contributed by atoms with E-state index in [0.29, 0.717) is 42.6 Å². The normalized spacial score (nSPS) is 22.2. The second kappa shape index (κ2) is 13.0. The van der Waals surface area contributed by atoms with Crippen molar-refractivity contribution in [2.45, 2.75) is 63.3 Å². The molecule has 0 aliphatic carbocycles. The van der Waals surface area contributed by atoms with Crippen molar-refractivity contribution in [2.24, 2.45) is 5.73 Å². The van der Waals surface area contributed by atoms with Crippen molar-refractivity contribution in [1.82, 2.24) is 15.1 Å². The van der Waals surface area contributed by atoms with Crippen LogP contribution in [0, 0.1) is 6.92 Å². The van der Waals surface area contributed by atoms with E-state index in [-0.39, 0.29) is 37.4 Å². The van der Waals surface area contributed by atoms with Gasteiger partial charge in [0.1, 0.15) is 18.4 Å². The van der Waals surface area contributed by atoms with E-state index >= 15 is 0 Å². The molecule has 2 aliphatic rings. The minimum atomic E-state index is -1.03. The number of halogens is 2. The Morgan fingerprint density at radius 3 is 2.62 bits per heavy atom. The number of hydrogen-bond acceptors (Lipinski definition) is 6. The van der Waals surface area contributed by atoms with Crippen LogP contribution in [0.2, 0.25) is 10.0 Å². The van der Waals surface area contributed by atoms with E-state index < -0.39 is 24.0 Å². The largest absolute Gasteiger partial charge is 0.492 e. The molecule has 0 bridgehead atoms. The van der Waals surface area contributed by atoms with Crippen LogP contribution in [0.4, 0.5) is 0 Å². The lowest BCUT2D eigenvalue weighted by atomic mass is 10.1. The average molecular weight is 578 g/mol. The number of nitrogens with two attached hydrogens (primary N) is 1. The lowest BCUT2D eigenvalue weighted by molar-refractivity contribution is -0.144. The second-order valence-corrected chi connectivity index (χ2v) is 11.0. The van der Waals surface area contributed by atoms with Crippen LogP contribution >= 0.6 is 23.2 Å². The van der Waals surface area contributed by atoms with Gasteiger partial charge in [-0.2, -0.15) is 0 Å². The van der Waals surface area contributed by atoms with E-state index in [0.717, 1.165) is 16.9 Å². The summed E-state index contributed by atoms with van der Waals surface area (Å²) in [6.45, 7) is 3.39. The van der Waals surface area contributed by atoms with E-state index in [2.05, 4.69) is 10.2 Å². The summed E-state index contributed by atoms with van der Waals surface area (Å²) in [5.41, 5.74) is 8.15. The summed E-state index contributed by atoms with van der Waals surface area (Å²) in [5, 5.41) is 13.0. The van der Waals surface area contributed by atoms with Crippen molar-refractivity contribution >= 4 is 41.0 Å². The van der Waals surface area contributed by atoms with E-state index in [4.69, 9.17) is 33.7 Å². The summed E-state index contributed by atoms with van der Waals surface area (Å²) in [5.74, 6) is -0.915. The molecule has 0 radical (unpaired) electrons. The predicted molar refractivity (Wildman–Crippen MR) is 149 cm³/mol. The van der Waals surface area contributed by atoms with Crippen LogP contribution in [0.5, 0.6) is 5.75 Å². The molecule has 0 spiro atoms. The van der Waals surface area contributed by atoms with Gasteiger partial charge < -0.3 is 25.8 Å². The van der Waals surface area contributed by atoms with Crippen molar-refractivity contribution in [3.63, 3.8) is 0 Å². The molecule has 2 fully saturated rings. The molecule has 11 heteroatoms. The summed E-state index contributed by atoms with van der Waals surface area (Å²) in [4.78, 5) is 42.2. The predicted octanol–water partition coefficient (Wildman–Crippen LogP) is 3.23. The Balaban J connectivity index is 1.50. The molecule has 2 aliphatic heterocycles. The molecular formula is C28H34Cl2N4O5. The quantitative estimate of drug-likeness (QED) is 0.396. The van der Waals surface area contributed by atoms with Gasteiger partial charge in [-0.25, -0.2) is 0 Å². The number of carboxylic acid groups (broad SMARTS) is 1. The molecule has 210 valence electrons. The lowest BCUT2D eigenvalue weighted by Gasteiger charge is -2.32. The first kappa shape index (κ1) is 29.1. The van der Waals surface area contributed by atoms with Gasteiger partial charge in [0.05, 0.1) is 16.1 Å². The summed E-state index contributed by atoms with van der Waals surface area (Å²) in [7, 11) is 0. The standard InChI is InChI=1S/C28H34Cl2N4O5/c1-17-2-5-21(6-3-17)39-16-20-10-11-33(28(38)25-13-19(31)15-34(20)25)24(8-9-26(35)36)27(37)32-14-18-4-7-22(29)23(30)12-18/h2-7,12,19-20,24-25H,8-11,13-16,31H2,1H3,(H,32,37)(H,35,36)/t19-,20?,24-,25+/m1/s1. The van der Waals surface area contributed by atoms with Gasteiger partial charge in [-0.05, 0) is 56.0 Å². The molecule has 4 atom stereocenters. The van der Waals surface area contributed by atoms with Gasteiger partial charge in [-0.3, -0.25) is 19.3 Å². The highest BCUT2D eigenvalue weighted by Crippen LogP contribution is 2.29. The summed E-state index contributed by atoms with van der Waals surface area (Å²) < 4.78 is 6.07. The Hall–Kier alpha value is -2.85. The molecule has 2 aromatic carbocycles. The number of ether oxygens (including phenoxy) is 1. The molecular weight excluding hydrogens is 543 g/mol. The summed E-state index contributed by atoms with van der Waals surface area (Å²) in [6.07, 6.45) is 0.775. The molecule has 4 N–H and O–H groups in total. The third-order valence-electron chi connectivity index (χ3n) is 7.34. The third kappa shape index (κ3) is 7.42. The van der Waals surface area contributed by atoms with Gasteiger partial charge in [0.25, 0.3) is 0 Å². The maximum Gasteiger partial charge on any atom is 0.303 e. The molecule has 0 aromatic heterocycles. The molecule has 2 saturated heterocycles. The van der Waals surface area contributed by atoms with Gasteiger partial charge in [-0.1, -0.05) is 47.0 Å². The molecule has 0 saturated carbocycles. The Morgan fingerprint density at radius 2 is 1.92 bits per heavy atom. The fourth-order valence-electron chi connectivity index (χ4n) is 5.26. The highest BCUT2D eigenvalue weighted by Gasteiger charge is 2.46. The van der Waals surface area contributed by atoms with E-state index in [1.165, 1.54) is 4.90 Å². The number of carbonyl (C=O) groups is 3. The zero-order valence-electron chi connectivity index (χ0n) is 21.8. The van der Waals surface area contributed by atoms with E-state index in [9.17, 15) is 19.5 Å². The Morgan fingerprint density at radius 1 is 1.18 bits per heavy atom. The molecule has 39 heavy (non-hydrogen) atoms. The molecule has 2 heterocycles. The number of benzene rings is 2. The number of nitrogens with zero attached hydrogens (tertiary/aromatic N) is 2. The van der Waals surface area contributed by atoms with Crippen LogP contribution in [0.1, 0.15) is 36.8 Å². The number of amides is 2. The topological polar surface area (TPSA) is 125 Å². The van der Waals surface area contributed by atoms with Gasteiger partial charge in [-0.15, -0.1) is 0 Å². The van der Waals surface area contributed by atoms with Crippen LogP contribution in [0.15, 0.2) is 42.5 Å². The molecule has 4 rings (SSSR count). The highest BCUT2D eigenvalue weighted by atomic mass is 35.5. The minimum absolute atomic E-state index is 0.00239. The average Bonchev–Trinajstić information content (AvgIpc) is 3.24. The van der Waals surface area contributed by atoms with Crippen LogP contribution in [-0.2, 0) is 20.9 Å². The molecule has 9 nitrogen and oxygen atoms in total. The smallest absolute Gasteiger partial charge is 0.303 e. The lowest BCUT2D eigenvalue weighted by Crippen LogP contribution is -2.53. The number of nitrogens with one attached hydrogen (secondary N) is 1. The molecule has 2 aromatic rings. The minimum Gasteiger partial charge on any atom is -0.492 e. The Kier molecular flexibility index (Phi) is 9.71. The number of hydrogen-bond donors (Lipinski definition) is 3. The van der Waals surface area contributed by atoms with Crippen molar-refractivity contribution in [3.05, 3.63) is 63.6 Å². The van der Waals surface area contributed by atoms with Gasteiger partial charge in [0.2, 0.25) is 11.8 Å². The number of rotatable bonds is 10. The van der Waals surface area contributed by atoms with Crippen LogP contribution in [0.3, 0.4) is 0 Å². The van der Waals surface area contributed by atoms with Crippen LogP contribution in [-0.4, -0.2) is 76.6 Å². The fraction of sp³-hybridized carbons (Fsp3) is 0.464. The fourth-order valence-corrected chi connectivity index (χ4v) is 5.58. The number of fused-ring (bicyclic) bond motifs is 1. The van der Waals surface area contributed by atoms with Crippen molar-refractivity contribution in [1.29, 1.82) is 0 Å². The van der Waals surface area contributed by atoms with Crippen molar-refractivity contribution < 1.29 is 24.2 Å². The number of carbonyl (C=O) groups excluding carboxylic acids is 2. The Labute approximate surface area is 238 Å². The van der Waals surface area contributed by atoms with Gasteiger partial charge in [0.15, 0.2) is 0 Å². The zero-order chi connectivity index (χ0) is 28.1. The van der Waals surface area contributed by atoms with Crippen LogP contribution < -0.4 is 15.8 Å². The Bertz CT molecular complexity index is 1190. The SMILES string of the molecule is Cc1ccc(OCC2CCN([C@H](CCC(=O)O)C(=O)NCc3ccc(Cl)c(Cl)c3)C(=O)[C@@H]3C[C@@H](N)CN23)cc1. The number of carboxylic acids is 1. The first-order valence-electron chi connectivity index (χ1n) is 13.1. The summed E-state index contributed by atoms with van der Waals surface area (Å²) >= 11 is 12.1. The van der Waals surface area contributed by atoms with Crippen molar-refractivity contribution in [2.75, 3.05) is 19.7 Å². The third-order valence-corrected chi connectivity index (χ3v) is 8.08. The second-order valence-electron chi connectivity index (χ2n) is 10.2. The number of aryl methyl sites for hydroxylation is 1. The van der Waals surface area contributed by atoms with Gasteiger partial charge >= 0.3 is 5.97 Å². The van der Waals surface area contributed by atoms with Crippen molar-refractivity contribution in [3.8, 4) is 5.75 Å². The first-order chi connectivity index (χ1) is 18.6. The number of aliphatic carboxylic acids is 1. The zero-order valence-corrected chi connectivity index (χ0v) is 23.3. The highest BCUT2D eigenvalue weighted by molar-refractivity contribution is 6.42. The van der Waals surface area contributed by atoms with Crippen LogP contribution in [0.25, 0.3) is 0 Å². The van der Waals surface area contributed by atoms with E-state index in [1.807, 2.05) is 31.2 Å². The molecule has 1 unspecified atom stereocenters. The monoisotopic (exact) mass is 576 g/mol. The summed E-state index contributed by atoms with van der Waals surface area (Å²) in [6, 6.07) is 11.1. The maximum absolute atomic E-state index is 13.8. The maximum atomic E-state index is 13.8. The molecule has 2 amide bonds. The van der Waals surface area contributed by atoms with E-state index in [1.54, 1.807) is 18.2 Å².